The van der Waals surface area contributed by atoms with Gasteiger partial charge < -0.3 is 14.8 Å². The molecular formula is C15H25NO2. The molecule has 0 aromatic heterocycles. The molecule has 0 spiro atoms. The normalized spacial score (nSPS) is 13.4. The highest BCUT2D eigenvalue weighted by molar-refractivity contribution is 5.35. The van der Waals surface area contributed by atoms with Gasteiger partial charge in [-0.15, -0.1) is 0 Å². The average molecular weight is 251 g/mol. The maximum absolute atomic E-state index is 5.68. The van der Waals surface area contributed by atoms with E-state index < -0.39 is 0 Å². The van der Waals surface area contributed by atoms with Crippen LogP contribution in [0.4, 0.5) is 0 Å². The van der Waals surface area contributed by atoms with Crippen molar-refractivity contribution in [2.24, 2.45) is 0 Å². The van der Waals surface area contributed by atoms with Crippen molar-refractivity contribution < 1.29 is 9.47 Å². The minimum absolute atomic E-state index is 0.0741. The average Bonchev–Trinajstić information content (AvgIpc) is 2.33. The van der Waals surface area contributed by atoms with E-state index >= 15 is 0 Å². The fraction of sp³-hybridized carbons (Fsp3) is 0.600. The third-order valence-corrected chi connectivity index (χ3v) is 2.69. The third kappa shape index (κ3) is 5.07. The van der Waals surface area contributed by atoms with Crippen LogP contribution in [0.5, 0.6) is 5.75 Å². The second kappa shape index (κ2) is 6.76. The Bertz CT molecular complexity index is 358. The Morgan fingerprint density at radius 2 is 1.89 bits per heavy atom. The number of para-hydroxylation sites is 1. The van der Waals surface area contributed by atoms with Crippen molar-refractivity contribution in [3.8, 4) is 5.75 Å². The summed E-state index contributed by atoms with van der Waals surface area (Å²) in [7, 11) is 1.70. The van der Waals surface area contributed by atoms with Gasteiger partial charge in [0.25, 0.3) is 0 Å². The van der Waals surface area contributed by atoms with Gasteiger partial charge in [-0.3, -0.25) is 0 Å². The molecule has 1 atom stereocenters. The molecule has 18 heavy (non-hydrogen) atoms. The fourth-order valence-corrected chi connectivity index (χ4v) is 1.77. The molecule has 1 aromatic carbocycles. The van der Waals surface area contributed by atoms with Crippen LogP contribution in [0.25, 0.3) is 0 Å². The van der Waals surface area contributed by atoms with E-state index in [2.05, 4.69) is 39.1 Å². The molecule has 0 aliphatic rings. The van der Waals surface area contributed by atoms with Crippen molar-refractivity contribution in [1.82, 2.24) is 5.32 Å². The van der Waals surface area contributed by atoms with Gasteiger partial charge in [0.1, 0.15) is 5.75 Å². The summed E-state index contributed by atoms with van der Waals surface area (Å²) < 4.78 is 11.0. The zero-order chi connectivity index (χ0) is 13.6. The summed E-state index contributed by atoms with van der Waals surface area (Å²) in [6.45, 7) is 9.87. The highest BCUT2D eigenvalue weighted by Crippen LogP contribution is 2.23. The Labute approximate surface area is 110 Å². The number of rotatable bonds is 6. The van der Waals surface area contributed by atoms with E-state index in [1.54, 1.807) is 7.11 Å². The van der Waals surface area contributed by atoms with Crippen LogP contribution in [0.2, 0.25) is 0 Å². The second-order valence-electron chi connectivity index (χ2n) is 5.38. The van der Waals surface area contributed by atoms with Crippen molar-refractivity contribution in [3.05, 3.63) is 29.8 Å². The minimum Gasteiger partial charge on any atom is -0.496 e. The Morgan fingerprint density at radius 3 is 2.50 bits per heavy atom. The molecule has 1 aromatic rings. The molecule has 1 rings (SSSR count). The Balaban J connectivity index is 2.43. The molecule has 0 heterocycles. The molecule has 0 radical (unpaired) electrons. The second-order valence-corrected chi connectivity index (χ2v) is 5.38. The number of nitrogens with one attached hydrogen (secondary N) is 1. The van der Waals surface area contributed by atoms with Gasteiger partial charge in [0.2, 0.25) is 0 Å². The van der Waals surface area contributed by atoms with Crippen molar-refractivity contribution in [1.29, 1.82) is 0 Å². The summed E-state index contributed by atoms with van der Waals surface area (Å²) in [5.74, 6) is 0.925. The molecule has 3 heteroatoms. The van der Waals surface area contributed by atoms with Gasteiger partial charge in [0, 0.05) is 18.2 Å². The van der Waals surface area contributed by atoms with Crippen molar-refractivity contribution in [2.45, 2.75) is 39.3 Å². The van der Waals surface area contributed by atoms with Crippen LogP contribution in [-0.4, -0.2) is 25.9 Å². The molecule has 0 bridgehead atoms. The van der Waals surface area contributed by atoms with Gasteiger partial charge in [0.15, 0.2) is 0 Å². The van der Waals surface area contributed by atoms with Gasteiger partial charge in [-0.05, 0) is 33.8 Å². The van der Waals surface area contributed by atoms with Crippen LogP contribution >= 0.6 is 0 Å². The lowest BCUT2D eigenvalue weighted by Crippen LogP contribution is -2.28. The smallest absolute Gasteiger partial charge is 0.123 e. The standard InChI is InChI=1S/C15H25NO2/c1-12(16-10-11-18-15(2,3)4)13-8-6-7-9-14(13)17-5/h6-9,12,16H,10-11H2,1-5H3/t12-/m1/s1. The van der Waals surface area contributed by atoms with E-state index in [1.807, 2.05) is 18.2 Å². The van der Waals surface area contributed by atoms with E-state index in [4.69, 9.17) is 9.47 Å². The predicted molar refractivity (Wildman–Crippen MR) is 75.1 cm³/mol. The van der Waals surface area contributed by atoms with Gasteiger partial charge in [-0.25, -0.2) is 0 Å². The molecule has 0 aliphatic carbocycles. The molecule has 102 valence electrons. The fourth-order valence-electron chi connectivity index (χ4n) is 1.77. The third-order valence-electron chi connectivity index (χ3n) is 2.69. The molecule has 0 saturated carbocycles. The van der Waals surface area contributed by atoms with Crippen molar-refractivity contribution in [3.63, 3.8) is 0 Å². The van der Waals surface area contributed by atoms with Crippen LogP contribution in [0.3, 0.4) is 0 Å². The summed E-state index contributed by atoms with van der Waals surface area (Å²) in [6.07, 6.45) is 0. The first kappa shape index (κ1) is 15.0. The summed E-state index contributed by atoms with van der Waals surface area (Å²) in [4.78, 5) is 0. The Kier molecular flexibility index (Phi) is 5.63. The van der Waals surface area contributed by atoms with Gasteiger partial charge in [0.05, 0.1) is 19.3 Å². The lowest BCUT2D eigenvalue weighted by molar-refractivity contribution is -0.00151. The van der Waals surface area contributed by atoms with Crippen LogP contribution in [0.1, 0.15) is 39.3 Å². The molecule has 0 amide bonds. The monoisotopic (exact) mass is 251 g/mol. The predicted octanol–water partition coefficient (Wildman–Crippen LogP) is 3.16. The van der Waals surface area contributed by atoms with Crippen molar-refractivity contribution in [2.75, 3.05) is 20.3 Å². The summed E-state index contributed by atoms with van der Waals surface area (Å²) in [5, 5.41) is 3.44. The first-order valence-electron chi connectivity index (χ1n) is 6.44. The molecular weight excluding hydrogens is 226 g/mol. The van der Waals surface area contributed by atoms with Crippen LogP contribution < -0.4 is 10.1 Å². The summed E-state index contributed by atoms with van der Waals surface area (Å²) >= 11 is 0. The lowest BCUT2D eigenvalue weighted by Gasteiger charge is -2.21. The number of hydrogen-bond acceptors (Lipinski definition) is 3. The van der Waals surface area contributed by atoms with E-state index in [0.717, 1.165) is 12.3 Å². The molecule has 0 saturated heterocycles. The zero-order valence-electron chi connectivity index (χ0n) is 12.1. The zero-order valence-corrected chi connectivity index (χ0v) is 12.1. The van der Waals surface area contributed by atoms with Gasteiger partial charge >= 0.3 is 0 Å². The van der Waals surface area contributed by atoms with Crippen molar-refractivity contribution >= 4 is 0 Å². The highest BCUT2D eigenvalue weighted by atomic mass is 16.5. The summed E-state index contributed by atoms with van der Waals surface area (Å²) in [6, 6.07) is 8.34. The maximum Gasteiger partial charge on any atom is 0.123 e. The topological polar surface area (TPSA) is 30.5 Å². The van der Waals surface area contributed by atoms with E-state index in [0.29, 0.717) is 6.61 Å². The number of hydrogen-bond donors (Lipinski definition) is 1. The van der Waals surface area contributed by atoms with Crippen LogP contribution in [0.15, 0.2) is 24.3 Å². The van der Waals surface area contributed by atoms with Crippen LogP contribution in [-0.2, 0) is 4.74 Å². The number of benzene rings is 1. The molecule has 1 N–H and O–H groups in total. The molecule has 3 nitrogen and oxygen atoms in total. The van der Waals surface area contributed by atoms with E-state index in [-0.39, 0.29) is 11.6 Å². The Morgan fingerprint density at radius 1 is 1.22 bits per heavy atom. The molecule has 0 unspecified atom stereocenters. The van der Waals surface area contributed by atoms with Crippen LogP contribution in [0, 0.1) is 0 Å². The quantitative estimate of drug-likeness (QED) is 0.788. The Hall–Kier alpha value is -1.06. The first-order valence-corrected chi connectivity index (χ1v) is 6.44. The van der Waals surface area contributed by atoms with E-state index in [1.165, 1.54) is 5.56 Å². The SMILES string of the molecule is COc1ccccc1[C@@H](C)NCCOC(C)(C)C. The molecule has 0 aliphatic heterocycles. The van der Waals surface area contributed by atoms with E-state index in [9.17, 15) is 0 Å². The first-order chi connectivity index (χ1) is 8.44. The van der Waals surface area contributed by atoms with Gasteiger partial charge in [-0.2, -0.15) is 0 Å². The largest absolute Gasteiger partial charge is 0.496 e. The minimum atomic E-state index is -0.0741. The summed E-state index contributed by atoms with van der Waals surface area (Å²) in [5.41, 5.74) is 1.10. The number of methoxy groups -OCH3 is 1. The molecule has 0 fully saturated rings. The highest BCUT2D eigenvalue weighted by Gasteiger charge is 2.12. The maximum atomic E-state index is 5.68. The lowest BCUT2D eigenvalue weighted by atomic mass is 10.1. The number of ether oxygens (including phenoxy) is 2. The van der Waals surface area contributed by atoms with Gasteiger partial charge in [-0.1, -0.05) is 18.2 Å².